The Bertz CT molecular complexity index is 1400. The third-order valence-electron chi connectivity index (χ3n) is 9.02. The summed E-state index contributed by atoms with van der Waals surface area (Å²) >= 11 is 0. The van der Waals surface area contributed by atoms with Crippen molar-refractivity contribution in [3.63, 3.8) is 0 Å². The van der Waals surface area contributed by atoms with Gasteiger partial charge < -0.3 is 24.1 Å². The van der Waals surface area contributed by atoms with Crippen LogP contribution in [0, 0.1) is 24.7 Å². The van der Waals surface area contributed by atoms with Gasteiger partial charge in [-0.25, -0.2) is 4.98 Å². The van der Waals surface area contributed by atoms with E-state index >= 15 is 0 Å². The molecular weight excluding hydrogens is 514 g/mol. The second kappa shape index (κ2) is 12.3. The van der Waals surface area contributed by atoms with Gasteiger partial charge in [-0.3, -0.25) is 4.79 Å². The van der Waals surface area contributed by atoms with E-state index in [1.54, 1.807) is 14.2 Å². The Kier molecular flexibility index (Phi) is 8.74. The molecule has 6 rings (SSSR count). The number of methoxy groups -OCH3 is 2. The van der Waals surface area contributed by atoms with E-state index in [-0.39, 0.29) is 17.8 Å². The van der Waals surface area contributed by atoms with E-state index in [2.05, 4.69) is 53.3 Å². The third-order valence-corrected chi connectivity index (χ3v) is 9.02. The topological polar surface area (TPSA) is 76.7 Å². The molecule has 2 bridgehead atoms. The molecule has 220 valence electrons. The molecule has 41 heavy (non-hydrogen) atoms. The number of nitrogens with zero attached hydrogens (tertiary/aromatic N) is 2. The highest BCUT2D eigenvalue weighted by atomic mass is 16.6. The number of rotatable bonds is 12. The second-order valence-electron chi connectivity index (χ2n) is 12.2. The van der Waals surface area contributed by atoms with Crippen LogP contribution in [0.5, 0.6) is 11.5 Å². The number of H-pyrrole nitrogens is 1. The fourth-order valence-corrected chi connectivity index (χ4v) is 6.71. The Morgan fingerprint density at radius 1 is 1.15 bits per heavy atom. The first-order valence-electron chi connectivity index (χ1n) is 15.0. The summed E-state index contributed by atoms with van der Waals surface area (Å²) in [5, 5.41) is 0. The molecule has 7 heteroatoms. The summed E-state index contributed by atoms with van der Waals surface area (Å²) in [4.78, 5) is 23.6. The number of hydrogen-bond acceptors (Lipinski definition) is 6. The molecule has 3 atom stereocenters. The van der Waals surface area contributed by atoms with Gasteiger partial charge in [-0.2, -0.15) is 0 Å². The smallest absolute Gasteiger partial charge is 0.308 e. The molecule has 0 amide bonds. The second-order valence-corrected chi connectivity index (χ2v) is 12.2. The van der Waals surface area contributed by atoms with Gasteiger partial charge in [0.2, 0.25) is 0 Å². The number of hydrogen-bond donors (Lipinski definition) is 1. The quantitative estimate of drug-likeness (QED) is 0.252. The predicted octanol–water partition coefficient (Wildman–Crippen LogP) is 6.59. The van der Waals surface area contributed by atoms with Gasteiger partial charge in [0.15, 0.2) is 11.5 Å². The van der Waals surface area contributed by atoms with E-state index in [1.807, 2.05) is 26.8 Å². The number of ether oxygens (including phenoxy) is 3. The van der Waals surface area contributed by atoms with Crippen molar-refractivity contribution in [2.75, 3.05) is 34.4 Å². The van der Waals surface area contributed by atoms with E-state index < -0.39 is 5.60 Å². The Labute approximate surface area is 244 Å². The zero-order chi connectivity index (χ0) is 29.1. The van der Waals surface area contributed by atoms with Crippen LogP contribution in [-0.2, 0) is 16.0 Å². The van der Waals surface area contributed by atoms with E-state index in [0.717, 1.165) is 74.0 Å². The van der Waals surface area contributed by atoms with Crippen molar-refractivity contribution in [3.05, 3.63) is 59.4 Å². The van der Waals surface area contributed by atoms with Crippen molar-refractivity contribution in [3.8, 4) is 11.5 Å². The number of esters is 1. The summed E-state index contributed by atoms with van der Waals surface area (Å²) in [6, 6.07) is 12.7. The van der Waals surface area contributed by atoms with Crippen LogP contribution in [0.3, 0.4) is 0 Å². The fraction of sp³-hybridized carbons (Fsp3) is 0.529. The Balaban J connectivity index is 1.24. The van der Waals surface area contributed by atoms with Crippen molar-refractivity contribution < 1.29 is 19.0 Å². The molecule has 3 aliphatic rings. The Hall–Kier alpha value is -3.32. The predicted molar refractivity (Wildman–Crippen MR) is 163 cm³/mol. The molecule has 1 heterocycles. The van der Waals surface area contributed by atoms with Crippen LogP contribution in [0.25, 0.3) is 16.6 Å². The van der Waals surface area contributed by atoms with Gasteiger partial charge >= 0.3 is 5.97 Å². The number of nitrogens with one attached hydrogen (secondary N) is 1. The minimum Gasteiger partial charge on any atom is -0.493 e. The molecule has 0 aliphatic heterocycles. The minimum absolute atomic E-state index is 0.0814. The van der Waals surface area contributed by atoms with Crippen LogP contribution in [0.4, 0.5) is 0 Å². The van der Waals surface area contributed by atoms with Crippen LogP contribution in [0.1, 0.15) is 62.9 Å². The molecule has 0 saturated heterocycles. The first kappa shape index (κ1) is 29.2. The first-order valence-corrected chi connectivity index (χ1v) is 15.0. The third kappa shape index (κ3) is 6.01. The van der Waals surface area contributed by atoms with E-state index in [0.29, 0.717) is 17.4 Å². The van der Waals surface area contributed by atoms with Gasteiger partial charge in [0.25, 0.3) is 0 Å². The average Bonchev–Trinajstić information content (AvgIpc) is 3.41. The number of allylic oxidation sites excluding steroid dienone is 1. The molecule has 3 aliphatic carbocycles. The van der Waals surface area contributed by atoms with Crippen molar-refractivity contribution in [2.24, 2.45) is 17.8 Å². The molecular formula is C34H45N3O4. The zero-order valence-corrected chi connectivity index (χ0v) is 25.5. The molecule has 0 unspecified atom stereocenters. The first-order chi connectivity index (χ1) is 19.7. The average molecular weight is 560 g/mol. The summed E-state index contributed by atoms with van der Waals surface area (Å²) < 4.78 is 17.5. The SMILES string of the molecule is COc1cc(C)c2nc(CCCN(C)CC[C@]3(OC(=O)C(C)C)C[C@H]4CC[C@H]3C=C4c3ccccc3)[nH]c2c1OC. The van der Waals surface area contributed by atoms with Crippen molar-refractivity contribution in [1.29, 1.82) is 0 Å². The summed E-state index contributed by atoms with van der Waals surface area (Å²) in [5.41, 5.74) is 5.18. The highest BCUT2D eigenvalue weighted by molar-refractivity contribution is 5.87. The largest absolute Gasteiger partial charge is 0.493 e. The normalized spacial score (nSPS) is 21.9. The number of carbonyl (C=O) groups is 1. The molecule has 1 fully saturated rings. The highest BCUT2D eigenvalue weighted by Gasteiger charge is 2.50. The molecule has 0 spiro atoms. The van der Waals surface area contributed by atoms with Crippen molar-refractivity contribution in [1.82, 2.24) is 14.9 Å². The van der Waals surface area contributed by atoms with Crippen LogP contribution < -0.4 is 9.47 Å². The van der Waals surface area contributed by atoms with Gasteiger partial charge in [-0.15, -0.1) is 0 Å². The lowest BCUT2D eigenvalue weighted by Gasteiger charge is -2.50. The van der Waals surface area contributed by atoms with E-state index in [9.17, 15) is 4.79 Å². The maximum absolute atomic E-state index is 12.9. The van der Waals surface area contributed by atoms with Crippen LogP contribution in [0.15, 0.2) is 42.5 Å². The van der Waals surface area contributed by atoms with Gasteiger partial charge in [-0.1, -0.05) is 50.3 Å². The lowest BCUT2D eigenvalue weighted by atomic mass is 9.60. The molecule has 0 radical (unpaired) electrons. The Morgan fingerprint density at radius 3 is 2.59 bits per heavy atom. The van der Waals surface area contributed by atoms with Crippen molar-refractivity contribution >= 4 is 22.6 Å². The molecule has 2 aromatic carbocycles. The van der Waals surface area contributed by atoms with Crippen LogP contribution in [0.2, 0.25) is 0 Å². The van der Waals surface area contributed by atoms with E-state index in [1.165, 1.54) is 11.1 Å². The van der Waals surface area contributed by atoms with Crippen LogP contribution >= 0.6 is 0 Å². The number of aromatic nitrogens is 2. The number of aromatic amines is 1. The summed E-state index contributed by atoms with van der Waals surface area (Å²) in [6.07, 6.45) is 8.24. The molecule has 3 aromatic rings. The van der Waals surface area contributed by atoms with Gasteiger partial charge in [0.05, 0.1) is 25.7 Å². The monoisotopic (exact) mass is 559 g/mol. The number of fused-ring (bicyclic) bond motifs is 3. The number of aryl methyl sites for hydroxylation is 2. The summed E-state index contributed by atoms with van der Waals surface area (Å²) in [6.45, 7) is 7.72. The highest BCUT2D eigenvalue weighted by Crippen LogP contribution is 2.53. The maximum Gasteiger partial charge on any atom is 0.308 e. The summed E-state index contributed by atoms with van der Waals surface area (Å²) in [7, 11) is 5.48. The number of benzene rings is 2. The molecule has 1 aromatic heterocycles. The van der Waals surface area contributed by atoms with Gasteiger partial charge in [-0.05, 0) is 74.9 Å². The van der Waals surface area contributed by atoms with E-state index in [4.69, 9.17) is 19.2 Å². The Morgan fingerprint density at radius 2 is 1.93 bits per heavy atom. The van der Waals surface area contributed by atoms with Gasteiger partial charge in [0, 0.05) is 25.3 Å². The maximum atomic E-state index is 12.9. The van der Waals surface area contributed by atoms with Gasteiger partial charge in [0.1, 0.15) is 16.9 Å². The van der Waals surface area contributed by atoms with Crippen molar-refractivity contribution in [2.45, 2.75) is 64.9 Å². The minimum atomic E-state index is -0.428. The lowest BCUT2D eigenvalue weighted by Crippen LogP contribution is -2.51. The lowest BCUT2D eigenvalue weighted by molar-refractivity contribution is -0.176. The number of imidazole rings is 1. The molecule has 1 N–H and O–H groups in total. The molecule has 7 nitrogen and oxygen atoms in total. The standard InChI is InChI=1S/C34H45N3O4/c1-22(2)33(38)41-34(21-25-14-15-26(34)20-27(25)24-11-8-7-9-12-24)16-18-37(4)17-10-13-29-35-30-23(3)19-28(39-5)32(40-6)31(30)36-29/h7-9,11-12,19-20,22,25-26H,10,13-18,21H2,1-6H3,(H,35,36)/t25-,26+,34+/m1/s1. The molecule has 1 saturated carbocycles. The number of carbonyl (C=O) groups excluding carboxylic acids is 1. The fourth-order valence-electron chi connectivity index (χ4n) is 6.71. The summed E-state index contributed by atoms with van der Waals surface area (Å²) in [5.74, 6) is 2.83. The zero-order valence-electron chi connectivity index (χ0n) is 25.5. The van der Waals surface area contributed by atoms with Crippen LogP contribution in [-0.4, -0.2) is 60.8 Å².